The van der Waals surface area contributed by atoms with Gasteiger partial charge >= 0.3 is 0 Å². The lowest BCUT2D eigenvalue weighted by atomic mass is 10.1. The monoisotopic (exact) mass is 355 g/mol. The molecule has 130 valence electrons. The van der Waals surface area contributed by atoms with Crippen molar-refractivity contribution >= 4 is 22.9 Å². The maximum absolute atomic E-state index is 6.16. The Morgan fingerprint density at radius 3 is 2.64 bits per heavy atom. The first-order valence-electron chi connectivity index (χ1n) is 8.60. The quantitative estimate of drug-likeness (QED) is 0.704. The zero-order valence-corrected chi connectivity index (χ0v) is 15.5. The van der Waals surface area contributed by atoms with Crippen LogP contribution in [0.3, 0.4) is 0 Å². The fourth-order valence-corrected chi connectivity index (χ4v) is 3.65. The molecule has 0 amide bonds. The molecule has 1 fully saturated rings. The van der Waals surface area contributed by atoms with Crippen LogP contribution in [0.5, 0.6) is 0 Å². The molecule has 0 spiro atoms. The molecule has 2 atom stereocenters. The van der Waals surface area contributed by atoms with E-state index in [0.717, 1.165) is 35.7 Å². The summed E-state index contributed by atoms with van der Waals surface area (Å²) in [5.74, 6) is 1.02. The predicted octanol–water partition coefficient (Wildman–Crippen LogP) is 3.58. The van der Waals surface area contributed by atoms with Crippen molar-refractivity contribution in [2.75, 3.05) is 25.0 Å². The molecule has 4 rings (SSSR count). The van der Waals surface area contributed by atoms with Crippen molar-refractivity contribution in [3.8, 4) is 11.3 Å². The Labute approximate surface area is 152 Å². The Morgan fingerprint density at radius 2 is 1.88 bits per heavy atom. The van der Waals surface area contributed by atoms with Crippen molar-refractivity contribution in [3.63, 3.8) is 0 Å². The van der Waals surface area contributed by atoms with Crippen LogP contribution < -0.4 is 4.90 Å². The number of nitrogens with zero attached hydrogens (tertiary/aromatic N) is 5. The third-order valence-electron chi connectivity index (χ3n) is 5.18. The molecule has 5 nitrogen and oxygen atoms in total. The topological polar surface area (TPSA) is 36.7 Å². The molecular formula is C19H22ClN5. The van der Waals surface area contributed by atoms with E-state index in [2.05, 4.69) is 47.9 Å². The zero-order chi connectivity index (χ0) is 17.6. The number of hydrogen-bond donors (Lipinski definition) is 0. The minimum Gasteiger partial charge on any atom is -0.353 e. The number of hydrogen-bond acceptors (Lipinski definition) is 4. The van der Waals surface area contributed by atoms with Gasteiger partial charge in [-0.2, -0.15) is 5.10 Å². The van der Waals surface area contributed by atoms with Crippen LogP contribution in [0.2, 0.25) is 5.02 Å². The second-order valence-corrected chi connectivity index (χ2v) is 7.32. The summed E-state index contributed by atoms with van der Waals surface area (Å²) in [5.41, 5.74) is 2.89. The van der Waals surface area contributed by atoms with Gasteiger partial charge in [0.25, 0.3) is 0 Å². The van der Waals surface area contributed by atoms with Gasteiger partial charge in [-0.05, 0) is 45.2 Å². The standard InChI is InChI=1S/C19H22ClN5/c1-13-11-24(12-14(2)23(13)3)19-6-4-5-17(22-19)16-10-21-25-8-7-15(20)9-18(16)25/h4-10,13-14H,11-12H2,1-3H3/t13-,14+. The third-order valence-corrected chi connectivity index (χ3v) is 5.41. The number of rotatable bonds is 2. The van der Waals surface area contributed by atoms with Crippen molar-refractivity contribution in [2.24, 2.45) is 0 Å². The second-order valence-electron chi connectivity index (χ2n) is 6.88. The maximum atomic E-state index is 6.16. The van der Waals surface area contributed by atoms with E-state index in [0.29, 0.717) is 17.1 Å². The van der Waals surface area contributed by atoms with Crippen molar-refractivity contribution < 1.29 is 0 Å². The van der Waals surface area contributed by atoms with Gasteiger partial charge in [0.05, 0.1) is 17.4 Å². The largest absolute Gasteiger partial charge is 0.353 e. The van der Waals surface area contributed by atoms with Gasteiger partial charge in [0.15, 0.2) is 0 Å². The molecule has 0 unspecified atom stereocenters. The lowest BCUT2D eigenvalue weighted by Crippen LogP contribution is -2.55. The second kappa shape index (κ2) is 6.32. The number of piperazine rings is 1. The fraction of sp³-hybridized carbons (Fsp3) is 0.368. The average Bonchev–Trinajstić information content (AvgIpc) is 3.02. The number of pyridine rings is 2. The highest BCUT2D eigenvalue weighted by Crippen LogP contribution is 2.27. The minimum atomic E-state index is 0.505. The Kier molecular flexibility index (Phi) is 4.13. The van der Waals surface area contributed by atoms with Gasteiger partial charge in [-0.25, -0.2) is 9.50 Å². The minimum absolute atomic E-state index is 0.505. The molecule has 1 aliphatic rings. The van der Waals surface area contributed by atoms with Gasteiger partial charge in [0.2, 0.25) is 0 Å². The average molecular weight is 356 g/mol. The summed E-state index contributed by atoms with van der Waals surface area (Å²) in [7, 11) is 2.19. The van der Waals surface area contributed by atoms with Crippen molar-refractivity contribution in [1.82, 2.24) is 19.5 Å². The molecule has 0 N–H and O–H groups in total. The van der Waals surface area contributed by atoms with Crippen LogP contribution in [0.1, 0.15) is 13.8 Å². The molecule has 0 radical (unpaired) electrons. The predicted molar refractivity (Wildman–Crippen MR) is 102 cm³/mol. The van der Waals surface area contributed by atoms with E-state index in [9.17, 15) is 0 Å². The molecule has 0 saturated carbocycles. The normalized spacial score (nSPS) is 21.8. The van der Waals surface area contributed by atoms with Gasteiger partial charge in [-0.3, -0.25) is 4.90 Å². The van der Waals surface area contributed by atoms with E-state index >= 15 is 0 Å². The summed E-state index contributed by atoms with van der Waals surface area (Å²) in [6.07, 6.45) is 3.72. The van der Waals surface area contributed by atoms with Gasteiger partial charge in [0.1, 0.15) is 5.82 Å². The number of aromatic nitrogens is 3. The Hall–Kier alpha value is -2.11. The van der Waals surface area contributed by atoms with Crippen molar-refractivity contribution in [3.05, 3.63) is 47.7 Å². The summed E-state index contributed by atoms with van der Waals surface area (Å²) in [6.45, 7) is 6.50. The third kappa shape index (κ3) is 2.98. The molecule has 3 aromatic rings. The van der Waals surface area contributed by atoms with Crippen LogP contribution >= 0.6 is 11.6 Å². The van der Waals surface area contributed by atoms with E-state index in [1.54, 1.807) is 0 Å². The van der Waals surface area contributed by atoms with E-state index in [1.807, 2.05) is 35.1 Å². The molecule has 4 heterocycles. The number of likely N-dealkylation sites (N-methyl/N-ethyl adjacent to an activating group) is 1. The first-order chi connectivity index (χ1) is 12.0. The first-order valence-corrected chi connectivity index (χ1v) is 8.98. The van der Waals surface area contributed by atoms with Crippen LogP contribution in [0.25, 0.3) is 16.8 Å². The van der Waals surface area contributed by atoms with Gasteiger partial charge in [-0.1, -0.05) is 17.7 Å². The van der Waals surface area contributed by atoms with Crippen LogP contribution in [0.15, 0.2) is 42.7 Å². The van der Waals surface area contributed by atoms with Crippen molar-refractivity contribution in [1.29, 1.82) is 0 Å². The zero-order valence-electron chi connectivity index (χ0n) is 14.7. The van der Waals surface area contributed by atoms with Crippen LogP contribution in [-0.4, -0.2) is 51.7 Å². The highest BCUT2D eigenvalue weighted by Gasteiger charge is 2.27. The Bertz CT molecular complexity index is 894. The fourth-order valence-electron chi connectivity index (χ4n) is 3.49. The molecule has 0 aliphatic carbocycles. The maximum Gasteiger partial charge on any atom is 0.129 e. The lowest BCUT2D eigenvalue weighted by molar-refractivity contribution is 0.169. The van der Waals surface area contributed by atoms with E-state index in [-0.39, 0.29) is 0 Å². The highest BCUT2D eigenvalue weighted by molar-refractivity contribution is 6.31. The molecular weight excluding hydrogens is 334 g/mol. The van der Waals surface area contributed by atoms with E-state index in [1.165, 1.54) is 0 Å². The smallest absolute Gasteiger partial charge is 0.129 e. The molecule has 1 aliphatic heterocycles. The summed E-state index contributed by atoms with van der Waals surface area (Å²) in [6, 6.07) is 11.0. The summed E-state index contributed by atoms with van der Waals surface area (Å²) >= 11 is 6.16. The highest BCUT2D eigenvalue weighted by atomic mass is 35.5. The number of halogens is 1. The summed E-state index contributed by atoms with van der Waals surface area (Å²) < 4.78 is 1.83. The van der Waals surface area contributed by atoms with Gasteiger partial charge in [0, 0.05) is 42.0 Å². The van der Waals surface area contributed by atoms with E-state index in [4.69, 9.17) is 16.6 Å². The summed E-state index contributed by atoms with van der Waals surface area (Å²) in [4.78, 5) is 9.72. The van der Waals surface area contributed by atoms with Crippen LogP contribution in [0.4, 0.5) is 5.82 Å². The first kappa shape index (κ1) is 16.4. The molecule has 1 saturated heterocycles. The Morgan fingerprint density at radius 1 is 1.12 bits per heavy atom. The lowest BCUT2D eigenvalue weighted by Gasteiger charge is -2.43. The molecule has 0 aromatic carbocycles. The van der Waals surface area contributed by atoms with E-state index < -0.39 is 0 Å². The SMILES string of the molecule is C[C@@H]1CN(c2cccc(-c3cnn4ccc(Cl)cc34)n2)C[C@H](C)N1C. The number of anilines is 1. The van der Waals surface area contributed by atoms with Gasteiger partial charge < -0.3 is 4.90 Å². The Balaban J connectivity index is 1.71. The number of fused-ring (bicyclic) bond motifs is 1. The summed E-state index contributed by atoms with van der Waals surface area (Å²) in [5, 5.41) is 5.11. The van der Waals surface area contributed by atoms with Gasteiger partial charge in [-0.15, -0.1) is 0 Å². The van der Waals surface area contributed by atoms with Crippen molar-refractivity contribution in [2.45, 2.75) is 25.9 Å². The molecule has 3 aromatic heterocycles. The van der Waals surface area contributed by atoms with Crippen LogP contribution in [-0.2, 0) is 0 Å². The molecule has 6 heteroatoms. The molecule has 0 bridgehead atoms. The molecule has 25 heavy (non-hydrogen) atoms. The van der Waals surface area contributed by atoms with Crippen LogP contribution in [0, 0.1) is 0 Å².